The van der Waals surface area contributed by atoms with Crippen LogP contribution in [-0.4, -0.2) is 29.5 Å². The third kappa shape index (κ3) is 5.01. The molecule has 0 saturated heterocycles. The zero-order valence-electron chi connectivity index (χ0n) is 14.8. The van der Waals surface area contributed by atoms with E-state index < -0.39 is 5.82 Å². The molecule has 1 heterocycles. The van der Waals surface area contributed by atoms with E-state index >= 15 is 0 Å². The highest BCUT2D eigenvalue weighted by Crippen LogP contribution is 2.16. The number of hydrogen-bond donors (Lipinski definition) is 2. The van der Waals surface area contributed by atoms with E-state index in [-0.39, 0.29) is 23.2 Å². The fraction of sp³-hybridized carbons (Fsp3) is 0.150. The van der Waals surface area contributed by atoms with E-state index in [9.17, 15) is 9.18 Å². The first-order valence-electron chi connectivity index (χ1n) is 8.41. The fourth-order valence-corrected chi connectivity index (χ4v) is 2.43. The van der Waals surface area contributed by atoms with Crippen molar-refractivity contribution in [1.82, 2.24) is 15.3 Å². The Morgan fingerprint density at radius 1 is 1.11 bits per heavy atom. The molecular weight excluding hydrogens is 347 g/mol. The molecule has 138 valence electrons. The van der Waals surface area contributed by atoms with E-state index in [2.05, 4.69) is 20.6 Å². The van der Waals surface area contributed by atoms with Gasteiger partial charge in [-0.05, 0) is 42.3 Å². The zero-order valence-corrected chi connectivity index (χ0v) is 14.8. The summed E-state index contributed by atoms with van der Waals surface area (Å²) in [4.78, 5) is 20.4. The van der Waals surface area contributed by atoms with Gasteiger partial charge < -0.3 is 15.4 Å². The van der Waals surface area contributed by atoms with Crippen LogP contribution in [-0.2, 0) is 6.42 Å². The molecule has 3 aromatic rings. The molecule has 0 atom stereocenters. The lowest BCUT2D eigenvalue weighted by atomic mass is 10.1. The van der Waals surface area contributed by atoms with Crippen LogP contribution in [0, 0.1) is 5.82 Å². The lowest BCUT2D eigenvalue weighted by molar-refractivity contribution is 0.0949. The first kappa shape index (κ1) is 18.3. The second-order valence-corrected chi connectivity index (χ2v) is 5.72. The minimum Gasteiger partial charge on any atom is -0.497 e. The van der Waals surface area contributed by atoms with Crippen LogP contribution in [0.4, 0.5) is 16.0 Å². The van der Waals surface area contributed by atoms with E-state index in [1.54, 1.807) is 25.3 Å². The largest absolute Gasteiger partial charge is 0.497 e. The number of nitrogens with one attached hydrogen (secondary N) is 2. The average Bonchev–Trinajstić information content (AvgIpc) is 2.70. The van der Waals surface area contributed by atoms with Crippen molar-refractivity contribution in [1.29, 1.82) is 0 Å². The van der Waals surface area contributed by atoms with E-state index in [1.807, 2.05) is 24.3 Å². The lowest BCUT2D eigenvalue weighted by Crippen LogP contribution is -2.26. The third-order valence-corrected chi connectivity index (χ3v) is 3.87. The predicted octanol–water partition coefficient (Wildman–Crippen LogP) is 3.34. The van der Waals surface area contributed by atoms with Gasteiger partial charge in [0.1, 0.15) is 17.3 Å². The second-order valence-electron chi connectivity index (χ2n) is 5.72. The van der Waals surface area contributed by atoms with E-state index in [0.29, 0.717) is 13.0 Å². The Morgan fingerprint density at radius 2 is 1.89 bits per heavy atom. The summed E-state index contributed by atoms with van der Waals surface area (Å²) in [6, 6.07) is 15.4. The van der Waals surface area contributed by atoms with Gasteiger partial charge in [-0.25, -0.2) is 14.4 Å². The lowest BCUT2D eigenvalue weighted by Gasteiger charge is -2.08. The number of nitrogens with zero attached hydrogens (tertiary/aromatic N) is 2. The molecule has 1 aromatic heterocycles. The molecule has 0 fully saturated rings. The number of ether oxygens (including phenoxy) is 1. The smallest absolute Gasteiger partial charge is 0.270 e. The maximum absolute atomic E-state index is 13.7. The van der Waals surface area contributed by atoms with Crippen molar-refractivity contribution in [3.8, 4) is 5.75 Å². The third-order valence-electron chi connectivity index (χ3n) is 3.87. The van der Waals surface area contributed by atoms with E-state index in [0.717, 1.165) is 11.3 Å². The number of amides is 1. The van der Waals surface area contributed by atoms with Crippen LogP contribution in [0.2, 0.25) is 0 Å². The summed E-state index contributed by atoms with van der Waals surface area (Å²) in [7, 11) is 1.62. The molecule has 0 aliphatic rings. The Balaban J connectivity index is 1.57. The minimum absolute atomic E-state index is 0.155. The van der Waals surface area contributed by atoms with Crippen LogP contribution in [0.25, 0.3) is 0 Å². The first-order chi connectivity index (χ1) is 13.2. The van der Waals surface area contributed by atoms with Gasteiger partial charge in [0.25, 0.3) is 5.91 Å². The number of halogens is 1. The highest BCUT2D eigenvalue weighted by molar-refractivity contribution is 5.92. The van der Waals surface area contributed by atoms with Crippen molar-refractivity contribution < 1.29 is 13.9 Å². The van der Waals surface area contributed by atoms with Crippen molar-refractivity contribution >= 4 is 17.5 Å². The molecule has 0 spiro atoms. The van der Waals surface area contributed by atoms with Crippen LogP contribution in [0.5, 0.6) is 5.75 Å². The number of benzene rings is 2. The molecule has 27 heavy (non-hydrogen) atoms. The van der Waals surface area contributed by atoms with Crippen LogP contribution >= 0.6 is 0 Å². The van der Waals surface area contributed by atoms with Gasteiger partial charge in [-0.2, -0.15) is 0 Å². The molecule has 6 nitrogen and oxygen atoms in total. The minimum atomic E-state index is -0.421. The monoisotopic (exact) mass is 366 g/mol. The Labute approximate surface area is 156 Å². The number of anilines is 2. The summed E-state index contributed by atoms with van der Waals surface area (Å²) >= 11 is 0. The average molecular weight is 366 g/mol. The molecule has 0 radical (unpaired) electrons. The first-order valence-corrected chi connectivity index (χ1v) is 8.41. The topological polar surface area (TPSA) is 76.1 Å². The molecule has 2 aromatic carbocycles. The Bertz CT molecular complexity index is 916. The molecule has 2 N–H and O–H groups in total. The number of hydrogen-bond acceptors (Lipinski definition) is 5. The summed E-state index contributed by atoms with van der Waals surface area (Å²) in [6.07, 6.45) is 2.13. The normalized spacial score (nSPS) is 10.3. The Hall–Kier alpha value is -3.48. The van der Waals surface area contributed by atoms with Crippen molar-refractivity contribution in [2.75, 3.05) is 19.0 Å². The SMILES string of the molecule is COc1ccc(CCNC(=O)c2ccnc(Nc3ccccc3F)n2)cc1. The summed E-state index contributed by atoms with van der Waals surface area (Å²) in [6.45, 7) is 0.464. The highest BCUT2D eigenvalue weighted by Gasteiger charge is 2.10. The maximum atomic E-state index is 13.7. The number of carbonyl (C=O) groups excluding carboxylic acids is 1. The molecular formula is C20H19FN4O2. The molecule has 0 aliphatic carbocycles. The van der Waals surface area contributed by atoms with Gasteiger partial charge >= 0.3 is 0 Å². The van der Waals surface area contributed by atoms with E-state index in [4.69, 9.17) is 4.74 Å². The van der Waals surface area contributed by atoms with Crippen LogP contribution in [0.1, 0.15) is 16.1 Å². The number of rotatable bonds is 7. The number of aromatic nitrogens is 2. The second kappa shape index (κ2) is 8.75. The quantitative estimate of drug-likeness (QED) is 0.671. The standard InChI is InChI=1S/C20H19FN4O2/c1-27-15-8-6-14(7-9-15)10-12-22-19(26)18-11-13-23-20(25-18)24-17-5-3-2-4-16(17)21/h2-9,11,13H,10,12H2,1H3,(H,22,26)(H,23,24,25). The Morgan fingerprint density at radius 3 is 2.63 bits per heavy atom. The molecule has 1 amide bonds. The van der Waals surface area contributed by atoms with Crippen molar-refractivity contribution in [2.45, 2.75) is 6.42 Å². The number of methoxy groups -OCH3 is 1. The predicted molar refractivity (Wildman–Crippen MR) is 101 cm³/mol. The van der Waals surface area contributed by atoms with Gasteiger partial charge in [0.15, 0.2) is 0 Å². The summed E-state index contributed by atoms with van der Waals surface area (Å²) in [5.41, 5.74) is 1.54. The molecule has 7 heteroatoms. The fourth-order valence-electron chi connectivity index (χ4n) is 2.43. The van der Waals surface area contributed by atoms with Crippen molar-refractivity contribution in [3.63, 3.8) is 0 Å². The van der Waals surface area contributed by atoms with Crippen LogP contribution < -0.4 is 15.4 Å². The van der Waals surface area contributed by atoms with E-state index in [1.165, 1.54) is 18.3 Å². The van der Waals surface area contributed by atoms with Crippen LogP contribution in [0.3, 0.4) is 0 Å². The maximum Gasteiger partial charge on any atom is 0.270 e. The molecule has 0 unspecified atom stereocenters. The number of para-hydroxylation sites is 1. The molecule has 0 aliphatic heterocycles. The Kier molecular flexibility index (Phi) is 5.94. The van der Waals surface area contributed by atoms with Crippen LogP contribution in [0.15, 0.2) is 60.8 Å². The van der Waals surface area contributed by atoms with Crippen molar-refractivity contribution in [3.05, 3.63) is 77.9 Å². The summed E-state index contributed by atoms with van der Waals surface area (Å²) < 4.78 is 18.8. The van der Waals surface area contributed by atoms with Gasteiger partial charge in [-0.3, -0.25) is 4.79 Å². The summed E-state index contributed by atoms with van der Waals surface area (Å²) in [5, 5.41) is 5.59. The van der Waals surface area contributed by atoms with Gasteiger partial charge in [0, 0.05) is 12.7 Å². The van der Waals surface area contributed by atoms with Gasteiger partial charge in [-0.1, -0.05) is 24.3 Å². The van der Waals surface area contributed by atoms with Gasteiger partial charge in [-0.15, -0.1) is 0 Å². The highest BCUT2D eigenvalue weighted by atomic mass is 19.1. The molecule has 3 rings (SSSR count). The molecule has 0 bridgehead atoms. The summed E-state index contributed by atoms with van der Waals surface area (Å²) in [5.74, 6) is 0.208. The van der Waals surface area contributed by atoms with Crippen molar-refractivity contribution in [2.24, 2.45) is 0 Å². The van der Waals surface area contributed by atoms with Gasteiger partial charge in [0.2, 0.25) is 5.95 Å². The number of carbonyl (C=O) groups is 1. The van der Waals surface area contributed by atoms with Gasteiger partial charge in [0.05, 0.1) is 12.8 Å². The zero-order chi connectivity index (χ0) is 19.1. The molecule has 0 saturated carbocycles.